The van der Waals surface area contributed by atoms with E-state index in [2.05, 4.69) is 35.9 Å². The van der Waals surface area contributed by atoms with Gasteiger partial charge < -0.3 is 5.32 Å². The molecule has 0 radical (unpaired) electrons. The largest absolute Gasteiger partial charge is 0.312 e. The van der Waals surface area contributed by atoms with Crippen molar-refractivity contribution >= 4 is 34.9 Å². The molecule has 3 rings (SSSR count). The smallest absolute Gasteiger partial charge is 0.107 e. The molecule has 0 bridgehead atoms. The van der Waals surface area contributed by atoms with Crippen LogP contribution in [0.15, 0.2) is 0 Å². The lowest BCUT2D eigenvalue weighted by Crippen LogP contribution is -2.19. The highest BCUT2D eigenvalue weighted by molar-refractivity contribution is 8.06. The van der Waals surface area contributed by atoms with Crippen molar-refractivity contribution in [2.45, 2.75) is 30.6 Å². The van der Waals surface area contributed by atoms with E-state index in [0.29, 0.717) is 11.3 Å². The van der Waals surface area contributed by atoms with Gasteiger partial charge in [-0.3, -0.25) is 0 Å². The first-order valence-corrected chi connectivity index (χ1v) is 9.26. The van der Waals surface area contributed by atoms with Crippen LogP contribution >= 0.6 is 34.9 Å². The van der Waals surface area contributed by atoms with Crippen molar-refractivity contribution < 1.29 is 0 Å². The SMILES string of the molecule is CNC1CCCc2nc(C3CSCCS3)sc21. The highest BCUT2D eigenvalue weighted by Crippen LogP contribution is 2.42. The number of hydrogen-bond donors (Lipinski definition) is 1. The summed E-state index contributed by atoms with van der Waals surface area (Å²) in [7, 11) is 2.07. The van der Waals surface area contributed by atoms with Crippen LogP contribution in [-0.4, -0.2) is 29.3 Å². The zero-order valence-electron chi connectivity index (χ0n) is 10.1. The zero-order valence-corrected chi connectivity index (χ0v) is 12.5. The van der Waals surface area contributed by atoms with Crippen LogP contribution in [-0.2, 0) is 6.42 Å². The number of thiazole rings is 1. The fraction of sp³-hybridized carbons (Fsp3) is 0.750. The fourth-order valence-corrected chi connectivity index (χ4v) is 6.72. The van der Waals surface area contributed by atoms with Crippen LogP contribution in [0.3, 0.4) is 0 Å². The molecule has 0 amide bonds. The molecule has 2 nitrogen and oxygen atoms in total. The Morgan fingerprint density at radius 1 is 1.35 bits per heavy atom. The molecule has 1 saturated heterocycles. The molecule has 1 aromatic rings. The van der Waals surface area contributed by atoms with Crippen LogP contribution < -0.4 is 5.32 Å². The Kier molecular flexibility index (Phi) is 4.00. The van der Waals surface area contributed by atoms with E-state index in [0.717, 1.165) is 0 Å². The van der Waals surface area contributed by atoms with E-state index in [1.54, 1.807) is 0 Å². The molecule has 1 aromatic heterocycles. The summed E-state index contributed by atoms with van der Waals surface area (Å²) in [5.41, 5.74) is 1.38. The molecule has 2 aliphatic rings. The average molecular weight is 286 g/mol. The topological polar surface area (TPSA) is 24.9 Å². The number of hydrogen-bond acceptors (Lipinski definition) is 5. The predicted molar refractivity (Wildman–Crippen MR) is 79.4 cm³/mol. The van der Waals surface area contributed by atoms with Crippen molar-refractivity contribution in [3.63, 3.8) is 0 Å². The van der Waals surface area contributed by atoms with Crippen molar-refractivity contribution in [1.82, 2.24) is 10.3 Å². The molecule has 1 aliphatic heterocycles. The lowest BCUT2D eigenvalue weighted by molar-refractivity contribution is 0.501. The van der Waals surface area contributed by atoms with Crippen LogP contribution in [0.2, 0.25) is 0 Å². The summed E-state index contributed by atoms with van der Waals surface area (Å²) in [5.74, 6) is 3.85. The summed E-state index contributed by atoms with van der Waals surface area (Å²) in [4.78, 5) is 6.44. The first-order valence-electron chi connectivity index (χ1n) is 6.24. The van der Waals surface area contributed by atoms with Crippen molar-refractivity contribution in [3.05, 3.63) is 15.6 Å². The highest BCUT2D eigenvalue weighted by atomic mass is 32.2. The monoisotopic (exact) mass is 286 g/mol. The zero-order chi connectivity index (χ0) is 11.7. The van der Waals surface area contributed by atoms with Crippen LogP contribution in [0.25, 0.3) is 0 Å². The lowest BCUT2D eigenvalue weighted by Gasteiger charge is -2.20. The minimum Gasteiger partial charge on any atom is -0.312 e. The molecule has 0 aromatic carbocycles. The van der Waals surface area contributed by atoms with Crippen molar-refractivity contribution in [2.24, 2.45) is 0 Å². The predicted octanol–water partition coefficient (Wildman–Crippen LogP) is 3.26. The molecule has 0 spiro atoms. The van der Waals surface area contributed by atoms with Gasteiger partial charge in [0.2, 0.25) is 0 Å². The Bertz CT molecular complexity index is 385. The summed E-state index contributed by atoms with van der Waals surface area (Å²) in [6.07, 6.45) is 3.75. The molecule has 0 saturated carbocycles. The van der Waals surface area contributed by atoms with Crippen molar-refractivity contribution in [1.29, 1.82) is 0 Å². The quantitative estimate of drug-likeness (QED) is 0.902. The molecule has 5 heteroatoms. The van der Waals surface area contributed by atoms with Gasteiger partial charge >= 0.3 is 0 Å². The van der Waals surface area contributed by atoms with Crippen LogP contribution in [0.1, 0.15) is 39.7 Å². The van der Waals surface area contributed by atoms with Gasteiger partial charge in [0.15, 0.2) is 0 Å². The third kappa shape index (κ3) is 2.53. The van der Waals surface area contributed by atoms with Gasteiger partial charge in [-0.05, 0) is 26.3 Å². The second-order valence-corrected chi connectivity index (χ2v) is 8.05. The minimum absolute atomic E-state index is 0.561. The fourth-order valence-electron chi connectivity index (χ4n) is 2.48. The molecule has 1 fully saturated rings. The third-order valence-corrected chi connectivity index (χ3v) is 7.64. The molecular formula is C12H18N2S3. The van der Waals surface area contributed by atoms with Gasteiger partial charge in [0, 0.05) is 28.2 Å². The Hall–Kier alpha value is 0.290. The molecule has 2 atom stereocenters. The number of fused-ring (bicyclic) bond motifs is 1. The van der Waals surface area contributed by atoms with Gasteiger partial charge in [-0.15, -0.1) is 23.1 Å². The standard InChI is InChI=1S/C12H18N2S3/c1-13-8-3-2-4-9-11(8)17-12(14-9)10-7-15-5-6-16-10/h8,10,13H,2-7H2,1H3. The first-order chi connectivity index (χ1) is 8.38. The average Bonchev–Trinajstić information content (AvgIpc) is 2.83. The first kappa shape index (κ1) is 12.3. The second-order valence-electron chi connectivity index (χ2n) is 4.53. The number of thioether (sulfide) groups is 2. The van der Waals surface area contributed by atoms with E-state index in [1.165, 1.54) is 52.1 Å². The summed E-state index contributed by atoms with van der Waals surface area (Å²) in [5, 5.41) is 5.47. The van der Waals surface area contributed by atoms with Gasteiger partial charge in [0.05, 0.1) is 10.9 Å². The summed E-state index contributed by atoms with van der Waals surface area (Å²) in [6.45, 7) is 0. The Morgan fingerprint density at radius 2 is 2.29 bits per heavy atom. The third-order valence-electron chi connectivity index (χ3n) is 3.41. The van der Waals surface area contributed by atoms with E-state index in [-0.39, 0.29) is 0 Å². The minimum atomic E-state index is 0.561. The molecule has 1 N–H and O–H groups in total. The van der Waals surface area contributed by atoms with Gasteiger partial charge in [-0.25, -0.2) is 4.98 Å². The van der Waals surface area contributed by atoms with Gasteiger partial charge in [0.1, 0.15) is 5.01 Å². The van der Waals surface area contributed by atoms with Crippen LogP contribution in [0.4, 0.5) is 0 Å². The van der Waals surface area contributed by atoms with E-state index in [1.807, 2.05) is 11.3 Å². The molecule has 1 aliphatic carbocycles. The number of nitrogens with one attached hydrogen (secondary N) is 1. The number of aryl methyl sites for hydroxylation is 1. The highest BCUT2D eigenvalue weighted by Gasteiger charge is 2.27. The second kappa shape index (κ2) is 5.51. The van der Waals surface area contributed by atoms with Gasteiger partial charge in [-0.1, -0.05) is 0 Å². The Labute approximate surface area is 115 Å². The van der Waals surface area contributed by atoms with Crippen molar-refractivity contribution in [3.8, 4) is 0 Å². The van der Waals surface area contributed by atoms with Crippen LogP contribution in [0.5, 0.6) is 0 Å². The summed E-state index contributed by atoms with van der Waals surface area (Å²) < 4.78 is 0. The number of rotatable bonds is 2. The maximum absolute atomic E-state index is 4.92. The maximum atomic E-state index is 4.92. The Morgan fingerprint density at radius 3 is 3.06 bits per heavy atom. The molecule has 2 unspecified atom stereocenters. The normalized spacial score (nSPS) is 29.0. The molecule has 2 heterocycles. The van der Waals surface area contributed by atoms with E-state index in [9.17, 15) is 0 Å². The molecular weight excluding hydrogens is 268 g/mol. The van der Waals surface area contributed by atoms with Crippen LogP contribution in [0, 0.1) is 0 Å². The Balaban J connectivity index is 1.84. The summed E-state index contributed by atoms with van der Waals surface area (Å²) in [6, 6.07) is 0.561. The lowest BCUT2D eigenvalue weighted by atomic mass is 9.98. The van der Waals surface area contributed by atoms with Crippen molar-refractivity contribution in [2.75, 3.05) is 24.3 Å². The van der Waals surface area contributed by atoms with Gasteiger partial charge in [0.25, 0.3) is 0 Å². The number of aromatic nitrogens is 1. The number of nitrogens with zero attached hydrogens (tertiary/aromatic N) is 1. The molecule has 94 valence electrons. The van der Waals surface area contributed by atoms with E-state index in [4.69, 9.17) is 4.98 Å². The molecule has 17 heavy (non-hydrogen) atoms. The van der Waals surface area contributed by atoms with Gasteiger partial charge in [-0.2, -0.15) is 11.8 Å². The maximum Gasteiger partial charge on any atom is 0.107 e. The van der Waals surface area contributed by atoms with E-state index < -0.39 is 0 Å². The van der Waals surface area contributed by atoms with E-state index >= 15 is 0 Å². The summed E-state index contributed by atoms with van der Waals surface area (Å²) >= 11 is 6.14.